The Hall–Kier alpha value is -1.55. The molecule has 0 aliphatic heterocycles. The van der Waals surface area contributed by atoms with Crippen molar-refractivity contribution in [2.75, 3.05) is 5.43 Å². The lowest BCUT2D eigenvalue weighted by atomic mass is 9.91. The number of hydrogen-bond donors (Lipinski definition) is 1. The molecule has 0 aliphatic carbocycles. The van der Waals surface area contributed by atoms with E-state index in [1.54, 1.807) is 18.3 Å². The monoisotopic (exact) mass is 395 g/mol. The van der Waals surface area contributed by atoms with Crippen molar-refractivity contribution in [3.05, 3.63) is 63.1 Å². The maximum Gasteiger partial charge on any atom is 0.0935 e. The standard InChI is InChI=1S/C19H20Cl3N3/c1-19(2,3)17(12-23-11-13-7-5-4-6-8-13)24-25-18-15(21)9-14(20)10-16(18)22/h4-10,12,25H,11H2,1-3H3/b23-12?,24-17+. The number of halogens is 3. The zero-order valence-electron chi connectivity index (χ0n) is 14.4. The molecule has 132 valence electrons. The van der Waals surface area contributed by atoms with Crippen molar-refractivity contribution < 1.29 is 0 Å². The average molecular weight is 397 g/mol. The Morgan fingerprint density at radius 1 is 1.04 bits per heavy atom. The van der Waals surface area contributed by atoms with Crippen LogP contribution in [0.4, 0.5) is 5.69 Å². The third-order valence-electron chi connectivity index (χ3n) is 3.39. The number of nitrogens with zero attached hydrogens (tertiary/aromatic N) is 2. The third-order valence-corrected chi connectivity index (χ3v) is 4.21. The van der Waals surface area contributed by atoms with Crippen molar-refractivity contribution in [2.45, 2.75) is 27.3 Å². The Bertz CT molecular complexity index is 755. The van der Waals surface area contributed by atoms with E-state index in [0.29, 0.717) is 27.3 Å². The molecule has 0 aromatic heterocycles. The van der Waals surface area contributed by atoms with E-state index in [-0.39, 0.29) is 5.41 Å². The summed E-state index contributed by atoms with van der Waals surface area (Å²) in [6, 6.07) is 13.3. The second kappa shape index (κ2) is 8.70. The average Bonchev–Trinajstić information content (AvgIpc) is 2.52. The first kappa shape index (κ1) is 19.8. The molecule has 25 heavy (non-hydrogen) atoms. The van der Waals surface area contributed by atoms with Crippen LogP contribution < -0.4 is 5.43 Å². The lowest BCUT2D eigenvalue weighted by Crippen LogP contribution is -2.23. The zero-order valence-corrected chi connectivity index (χ0v) is 16.6. The van der Waals surface area contributed by atoms with Gasteiger partial charge >= 0.3 is 0 Å². The van der Waals surface area contributed by atoms with Gasteiger partial charge in [0.15, 0.2) is 0 Å². The predicted molar refractivity (Wildman–Crippen MR) is 111 cm³/mol. The van der Waals surface area contributed by atoms with E-state index >= 15 is 0 Å². The van der Waals surface area contributed by atoms with Crippen molar-refractivity contribution in [1.82, 2.24) is 0 Å². The Balaban J connectivity index is 2.19. The quantitative estimate of drug-likeness (QED) is 0.441. The molecule has 6 heteroatoms. The van der Waals surface area contributed by atoms with E-state index in [1.165, 1.54) is 0 Å². The van der Waals surface area contributed by atoms with Gasteiger partial charge in [-0.1, -0.05) is 85.9 Å². The van der Waals surface area contributed by atoms with Crippen molar-refractivity contribution in [3.8, 4) is 0 Å². The normalized spacial score (nSPS) is 12.6. The second-order valence-electron chi connectivity index (χ2n) is 6.56. The summed E-state index contributed by atoms with van der Waals surface area (Å²) in [4.78, 5) is 4.50. The van der Waals surface area contributed by atoms with Crippen LogP contribution in [-0.2, 0) is 6.54 Å². The summed E-state index contributed by atoms with van der Waals surface area (Å²) in [5.74, 6) is 0. The summed E-state index contributed by atoms with van der Waals surface area (Å²) in [5.41, 5.74) is 5.19. The molecular formula is C19H20Cl3N3. The molecule has 0 radical (unpaired) electrons. The number of benzene rings is 2. The molecule has 0 fully saturated rings. The van der Waals surface area contributed by atoms with Gasteiger partial charge < -0.3 is 0 Å². The van der Waals surface area contributed by atoms with Gasteiger partial charge in [-0.05, 0) is 17.7 Å². The summed E-state index contributed by atoms with van der Waals surface area (Å²) >= 11 is 18.3. The van der Waals surface area contributed by atoms with Crippen molar-refractivity contribution in [1.29, 1.82) is 0 Å². The molecule has 0 bridgehead atoms. The largest absolute Gasteiger partial charge is 0.286 e. The van der Waals surface area contributed by atoms with Crippen molar-refractivity contribution in [2.24, 2.45) is 15.5 Å². The van der Waals surface area contributed by atoms with Gasteiger partial charge in [-0.25, -0.2) is 0 Å². The van der Waals surface area contributed by atoms with Gasteiger partial charge in [0, 0.05) is 16.7 Å². The Morgan fingerprint density at radius 2 is 1.64 bits per heavy atom. The van der Waals surface area contributed by atoms with E-state index in [4.69, 9.17) is 34.8 Å². The highest BCUT2D eigenvalue weighted by Crippen LogP contribution is 2.33. The molecular weight excluding hydrogens is 377 g/mol. The lowest BCUT2D eigenvalue weighted by Gasteiger charge is -2.18. The summed E-state index contributed by atoms with van der Waals surface area (Å²) in [6.45, 7) is 6.78. The maximum atomic E-state index is 6.18. The molecule has 1 N–H and O–H groups in total. The summed E-state index contributed by atoms with van der Waals surface area (Å²) < 4.78 is 0. The summed E-state index contributed by atoms with van der Waals surface area (Å²) in [6.07, 6.45) is 1.78. The fraction of sp³-hybridized carbons (Fsp3) is 0.263. The van der Waals surface area contributed by atoms with Gasteiger partial charge in [0.05, 0.1) is 28.0 Å². The molecule has 2 aromatic carbocycles. The number of rotatable bonds is 5. The van der Waals surface area contributed by atoms with Gasteiger partial charge in [0.1, 0.15) is 0 Å². The van der Waals surface area contributed by atoms with Crippen LogP contribution in [-0.4, -0.2) is 11.9 Å². The van der Waals surface area contributed by atoms with Crippen LogP contribution in [0.5, 0.6) is 0 Å². The third kappa shape index (κ3) is 6.03. The van der Waals surface area contributed by atoms with Gasteiger partial charge in [0.2, 0.25) is 0 Å². The van der Waals surface area contributed by atoms with Gasteiger partial charge in [0.25, 0.3) is 0 Å². The van der Waals surface area contributed by atoms with Crippen molar-refractivity contribution in [3.63, 3.8) is 0 Å². The van der Waals surface area contributed by atoms with Crippen LogP contribution >= 0.6 is 34.8 Å². The van der Waals surface area contributed by atoms with Gasteiger partial charge in [-0.2, -0.15) is 5.10 Å². The number of hydrogen-bond acceptors (Lipinski definition) is 3. The van der Waals surface area contributed by atoms with Crippen LogP contribution in [0, 0.1) is 5.41 Å². The van der Waals surface area contributed by atoms with Crippen molar-refractivity contribution >= 4 is 52.4 Å². The minimum Gasteiger partial charge on any atom is -0.286 e. The minimum absolute atomic E-state index is 0.196. The number of aliphatic imine (C=N–C) groups is 1. The fourth-order valence-corrected chi connectivity index (χ4v) is 2.88. The first-order chi connectivity index (χ1) is 11.8. The Labute approximate surface area is 163 Å². The Kier molecular flexibility index (Phi) is 6.88. The number of anilines is 1. The first-order valence-electron chi connectivity index (χ1n) is 7.80. The molecule has 0 saturated heterocycles. The highest BCUT2D eigenvalue weighted by atomic mass is 35.5. The van der Waals surface area contributed by atoms with E-state index in [1.807, 2.05) is 30.3 Å². The van der Waals surface area contributed by atoms with Crippen LogP contribution in [0.3, 0.4) is 0 Å². The molecule has 3 nitrogen and oxygen atoms in total. The topological polar surface area (TPSA) is 36.8 Å². The minimum atomic E-state index is -0.196. The van der Waals surface area contributed by atoms with E-state index in [9.17, 15) is 0 Å². The number of hydrazone groups is 1. The highest BCUT2D eigenvalue weighted by Gasteiger charge is 2.18. The summed E-state index contributed by atoms with van der Waals surface area (Å²) in [5, 5.41) is 5.76. The van der Waals surface area contributed by atoms with Crippen LogP contribution in [0.15, 0.2) is 52.6 Å². The molecule has 2 aromatic rings. The lowest BCUT2D eigenvalue weighted by molar-refractivity contribution is 0.597. The molecule has 0 atom stereocenters. The molecule has 2 rings (SSSR count). The van der Waals surface area contributed by atoms with Gasteiger partial charge in [-0.15, -0.1) is 0 Å². The molecule has 0 amide bonds. The fourth-order valence-electron chi connectivity index (χ4n) is 1.98. The molecule has 0 aliphatic rings. The summed E-state index contributed by atoms with van der Waals surface area (Å²) in [7, 11) is 0. The zero-order chi connectivity index (χ0) is 18.4. The van der Waals surface area contributed by atoms with E-state index < -0.39 is 0 Å². The predicted octanol–water partition coefficient (Wildman–Crippen LogP) is 6.73. The van der Waals surface area contributed by atoms with Gasteiger partial charge in [-0.3, -0.25) is 10.4 Å². The smallest absolute Gasteiger partial charge is 0.0935 e. The SMILES string of the molecule is CC(C)(C)/C(C=NCc1ccccc1)=N/Nc1c(Cl)cc(Cl)cc1Cl. The van der Waals surface area contributed by atoms with Crippen LogP contribution in [0.25, 0.3) is 0 Å². The van der Waals surface area contributed by atoms with Crippen LogP contribution in [0.2, 0.25) is 15.1 Å². The molecule has 0 saturated carbocycles. The molecule has 0 heterocycles. The van der Waals surface area contributed by atoms with Crippen LogP contribution in [0.1, 0.15) is 26.3 Å². The second-order valence-corrected chi connectivity index (χ2v) is 7.81. The number of nitrogens with one attached hydrogen (secondary N) is 1. The first-order valence-corrected chi connectivity index (χ1v) is 8.93. The highest BCUT2D eigenvalue weighted by molar-refractivity contribution is 6.41. The maximum absolute atomic E-state index is 6.18. The van der Waals surface area contributed by atoms with E-state index in [2.05, 4.69) is 36.3 Å². The Morgan fingerprint density at radius 3 is 2.20 bits per heavy atom. The molecule has 0 unspecified atom stereocenters. The van der Waals surface area contributed by atoms with E-state index in [0.717, 1.165) is 11.3 Å². The molecule has 0 spiro atoms.